The fourth-order valence-corrected chi connectivity index (χ4v) is 0.702. The topological polar surface area (TPSA) is 64.3 Å². The molecule has 0 aliphatic heterocycles. The summed E-state index contributed by atoms with van der Waals surface area (Å²) in [6.07, 6.45) is 1.54. The van der Waals surface area contributed by atoms with Crippen molar-refractivity contribution in [2.75, 3.05) is 19.8 Å². The summed E-state index contributed by atoms with van der Waals surface area (Å²) in [5.74, 6) is 0.720. The van der Waals surface area contributed by atoms with Crippen molar-refractivity contribution in [3.63, 3.8) is 0 Å². The number of nitrogens with zero attached hydrogens (tertiary/aromatic N) is 3. The number of rotatable bonds is 3. The first kappa shape index (κ1) is 9.73. The molecule has 5 nitrogen and oxygen atoms in total. The van der Waals surface area contributed by atoms with Crippen molar-refractivity contribution in [2.45, 2.75) is 13.2 Å². The van der Waals surface area contributed by atoms with Crippen LogP contribution in [0.3, 0.4) is 0 Å². The highest BCUT2D eigenvalue weighted by Gasteiger charge is 2.06. The van der Waals surface area contributed by atoms with Crippen LogP contribution < -0.4 is 10.5 Å². The number of ether oxygens (including phenoxy) is 1. The van der Waals surface area contributed by atoms with Crippen LogP contribution in [0.25, 0.3) is 0 Å². The molecule has 13 heavy (non-hydrogen) atoms. The average Bonchev–Trinajstić information content (AvgIpc) is 2.04. The maximum Gasteiger partial charge on any atom is 0.223 e. The molecule has 1 atom stereocenters. The van der Waals surface area contributed by atoms with Gasteiger partial charge in [0, 0.05) is 12.3 Å². The number of anilines is 1. The van der Waals surface area contributed by atoms with Crippen LogP contribution in [0.2, 0.25) is 0 Å². The van der Waals surface area contributed by atoms with Crippen molar-refractivity contribution >= 4 is 5.95 Å². The predicted octanol–water partition coefficient (Wildman–Crippen LogP) is 0.345. The van der Waals surface area contributed by atoms with Gasteiger partial charge in [-0.3, -0.25) is 4.90 Å². The van der Waals surface area contributed by atoms with Gasteiger partial charge in [-0.15, -0.1) is 0 Å². The van der Waals surface area contributed by atoms with E-state index in [0.717, 1.165) is 0 Å². The van der Waals surface area contributed by atoms with E-state index in [9.17, 15) is 0 Å². The van der Waals surface area contributed by atoms with Crippen LogP contribution in [-0.4, -0.2) is 35.2 Å². The monoisotopic (exact) mass is 182 g/mol. The highest BCUT2D eigenvalue weighted by atomic mass is 16.5. The maximum absolute atomic E-state index is 5.45. The second-order valence-electron chi connectivity index (χ2n) is 2.93. The SMILES string of the molecule is CC(Oc1ccnc(N)n1)N(C)C. The highest BCUT2D eigenvalue weighted by Crippen LogP contribution is 2.08. The van der Waals surface area contributed by atoms with Crippen molar-refractivity contribution < 1.29 is 4.74 Å². The van der Waals surface area contributed by atoms with Crippen LogP contribution in [0.5, 0.6) is 5.88 Å². The van der Waals surface area contributed by atoms with Crippen LogP contribution in [0.1, 0.15) is 6.92 Å². The van der Waals surface area contributed by atoms with Crippen molar-refractivity contribution in [3.05, 3.63) is 12.3 Å². The Bertz CT molecular complexity index is 277. The minimum Gasteiger partial charge on any atom is -0.459 e. The van der Waals surface area contributed by atoms with E-state index in [0.29, 0.717) is 5.88 Å². The van der Waals surface area contributed by atoms with Gasteiger partial charge >= 0.3 is 0 Å². The molecule has 0 radical (unpaired) electrons. The Morgan fingerprint density at radius 3 is 2.77 bits per heavy atom. The molecule has 0 bridgehead atoms. The summed E-state index contributed by atoms with van der Waals surface area (Å²) in [6, 6.07) is 1.68. The smallest absolute Gasteiger partial charge is 0.223 e. The lowest BCUT2D eigenvalue weighted by Crippen LogP contribution is -2.30. The van der Waals surface area contributed by atoms with E-state index in [4.69, 9.17) is 10.5 Å². The average molecular weight is 182 g/mol. The van der Waals surface area contributed by atoms with E-state index in [1.165, 1.54) is 0 Å². The molecule has 2 N–H and O–H groups in total. The minimum atomic E-state index is -0.0331. The van der Waals surface area contributed by atoms with Gasteiger partial charge in [-0.2, -0.15) is 4.98 Å². The molecule has 0 aliphatic carbocycles. The maximum atomic E-state index is 5.45. The van der Waals surface area contributed by atoms with Gasteiger partial charge in [0.05, 0.1) is 0 Å². The van der Waals surface area contributed by atoms with Crippen molar-refractivity contribution in [3.8, 4) is 5.88 Å². The molecule has 1 aromatic rings. The van der Waals surface area contributed by atoms with Crippen molar-refractivity contribution in [1.29, 1.82) is 0 Å². The lowest BCUT2D eigenvalue weighted by molar-refractivity contribution is 0.0769. The van der Waals surface area contributed by atoms with Crippen LogP contribution in [0.4, 0.5) is 5.95 Å². The van der Waals surface area contributed by atoms with Crippen LogP contribution in [0, 0.1) is 0 Å². The molecule has 72 valence electrons. The molecule has 0 spiro atoms. The van der Waals surface area contributed by atoms with E-state index in [-0.39, 0.29) is 12.2 Å². The zero-order chi connectivity index (χ0) is 9.84. The van der Waals surface area contributed by atoms with E-state index in [2.05, 4.69) is 9.97 Å². The van der Waals surface area contributed by atoms with Crippen molar-refractivity contribution in [1.82, 2.24) is 14.9 Å². The first-order chi connectivity index (χ1) is 6.09. The Balaban J connectivity index is 2.64. The second kappa shape index (κ2) is 4.04. The number of nitrogen functional groups attached to an aromatic ring is 1. The van der Waals surface area contributed by atoms with Gasteiger partial charge < -0.3 is 10.5 Å². The predicted molar refractivity (Wildman–Crippen MR) is 50.2 cm³/mol. The number of aromatic nitrogens is 2. The van der Waals surface area contributed by atoms with Gasteiger partial charge in [-0.05, 0) is 21.0 Å². The standard InChI is InChI=1S/C8H14N4O/c1-6(12(2)3)13-7-4-5-10-8(9)11-7/h4-6H,1-3H3,(H2,9,10,11). The Hall–Kier alpha value is -1.36. The summed E-state index contributed by atoms with van der Waals surface area (Å²) >= 11 is 0. The minimum absolute atomic E-state index is 0.0331. The molecule has 1 heterocycles. The third kappa shape index (κ3) is 2.87. The van der Waals surface area contributed by atoms with E-state index < -0.39 is 0 Å². The summed E-state index contributed by atoms with van der Waals surface area (Å²) in [4.78, 5) is 9.61. The molecule has 5 heteroatoms. The third-order valence-electron chi connectivity index (χ3n) is 1.67. The summed E-state index contributed by atoms with van der Waals surface area (Å²) in [5, 5.41) is 0. The molecule has 0 aromatic carbocycles. The molecule has 1 unspecified atom stereocenters. The summed E-state index contributed by atoms with van der Waals surface area (Å²) < 4.78 is 5.45. The Morgan fingerprint density at radius 1 is 1.54 bits per heavy atom. The van der Waals surface area contributed by atoms with Gasteiger partial charge in [0.1, 0.15) is 0 Å². The molecule has 1 aromatic heterocycles. The van der Waals surface area contributed by atoms with Crippen LogP contribution >= 0.6 is 0 Å². The van der Waals surface area contributed by atoms with Gasteiger partial charge in [0.15, 0.2) is 6.23 Å². The van der Waals surface area contributed by atoms with Gasteiger partial charge in [-0.1, -0.05) is 0 Å². The third-order valence-corrected chi connectivity index (χ3v) is 1.67. The van der Waals surface area contributed by atoms with E-state index >= 15 is 0 Å². The molecular weight excluding hydrogens is 168 g/mol. The first-order valence-electron chi connectivity index (χ1n) is 4.01. The normalized spacial score (nSPS) is 12.9. The molecule has 0 saturated carbocycles. The Morgan fingerprint density at radius 2 is 2.23 bits per heavy atom. The zero-order valence-corrected chi connectivity index (χ0v) is 8.06. The van der Waals surface area contributed by atoms with Gasteiger partial charge in [0.25, 0.3) is 0 Å². The largest absolute Gasteiger partial charge is 0.459 e. The first-order valence-corrected chi connectivity index (χ1v) is 4.01. The summed E-state index contributed by atoms with van der Waals surface area (Å²) in [5.41, 5.74) is 5.39. The van der Waals surface area contributed by atoms with Gasteiger partial charge in [0.2, 0.25) is 11.8 Å². The quantitative estimate of drug-likeness (QED) is 0.683. The van der Waals surface area contributed by atoms with E-state index in [1.54, 1.807) is 12.3 Å². The fraction of sp³-hybridized carbons (Fsp3) is 0.500. The summed E-state index contributed by atoms with van der Waals surface area (Å²) in [6.45, 7) is 1.93. The second-order valence-corrected chi connectivity index (χ2v) is 2.93. The summed E-state index contributed by atoms with van der Waals surface area (Å²) in [7, 11) is 3.85. The fourth-order valence-electron chi connectivity index (χ4n) is 0.702. The zero-order valence-electron chi connectivity index (χ0n) is 8.06. The lowest BCUT2D eigenvalue weighted by Gasteiger charge is -2.20. The molecular formula is C8H14N4O. The molecule has 0 saturated heterocycles. The number of hydrogen-bond donors (Lipinski definition) is 1. The highest BCUT2D eigenvalue weighted by molar-refractivity contribution is 5.20. The van der Waals surface area contributed by atoms with E-state index in [1.807, 2.05) is 25.9 Å². The van der Waals surface area contributed by atoms with Crippen LogP contribution in [0.15, 0.2) is 12.3 Å². The molecule has 0 amide bonds. The Labute approximate surface area is 77.5 Å². The molecule has 1 rings (SSSR count). The van der Waals surface area contributed by atoms with Crippen molar-refractivity contribution in [2.24, 2.45) is 0 Å². The number of nitrogens with two attached hydrogens (primary N) is 1. The molecule has 0 aliphatic rings. The lowest BCUT2D eigenvalue weighted by atomic mass is 10.5. The van der Waals surface area contributed by atoms with Crippen LogP contribution in [-0.2, 0) is 0 Å². The molecule has 0 fully saturated rings. The van der Waals surface area contributed by atoms with Gasteiger partial charge in [-0.25, -0.2) is 4.98 Å². The Kier molecular flexibility index (Phi) is 3.02. The number of hydrogen-bond acceptors (Lipinski definition) is 5.